The number of ether oxygens (including phenoxy) is 1. The van der Waals surface area contributed by atoms with Gasteiger partial charge < -0.3 is 9.84 Å². The SMILES string of the molecule is Cc1nnc(N2C(=O)C(=O)C(=C(O)c3ccc(OC(C)C)cc3)[C@@H]2c2ccc([N+](=O)[O-])cc2)s1. The predicted molar refractivity (Wildman–Crippen MR) is 125 cm³/mol. The van der Waals surface area contributed by atoms with E-state index in [0.29, 0.717) is 21.9 Å². The number of rotatable bonds is 6. The monoisotopic (exact) mass is 480 g/mol. The van der Waals surface area contributed by atoms with Crippen molar-refractivity contribution >= 4 is 39.6 Å². The number of nitro benzene ring substituents is 1. The lowest BCUT2D eigenvalue weighted by Crippen LogP contribution is -2.29. The number of aliphatic hydroxyl groups excluding tert-OH is 1. The molecule has 174 valence electrons. The second-order valence-corrected chi connectivity index (χ2v) is 8.97. The van der Waals surface area contributed by atoms with Crippen LogP contribution in [-0.4, -0.2) is 38.0 Å². The van der Waals surface area contributed by atoms with Crippen LogP contribution < -0.4 is 9.64 Å². The third kappa shape index (κ3) is 4.25. The van der Waals surface area contributed by atoms with Gasteiger partial charge in [0.1, 0.15) is 16.5 Å². The molecule has 0 radical (unpaired) electrons. The van der Waals surface area contributed by atoms with Gasteiger partial charge in [-0.25, -0.2) is 0 Å². The Kier molecular flexibility index (Phi) is 6.12. The number of hydrogen-bond acceptors (Lipinski definition) is 9. The van der Waals surface area contributed by atoms with Gasteiger partial charge in [-0.15, -0.1) is 10.2 Å². The standard InChI is InChI=1S/C23H20N4O6S/c1-12(2)33-17-10-6-15(7-11-17)20(28)18-19(14-4-8-16(9-5-14)27(31)32)26(22(30)21(18)29)23-25-24-13(3)34-23/h4-12,19,28H,1-3H3/t19-/m0/s1. The highest BCUT2D eigenvalue weighted by atomic mass is 32.1. The Hall–Kier alpha value is -4.12. The van der Waals surface area contributed by atoms with E-state index in [2.05, 4.69) is 10.2 Å². The molecule has 11 heteroatoms. The van der Waals surface area contributed by atoms with Crippen molar-refractivity contribution in [3.63, 3.8) is 0 Å². The fourth-order valence-corrected chi connectivity index (χ4v) is 4.34. The van der Waals surface area contributed by atoms with E-state index < -0.39 is 22.7 Å². The van der Waals surface area contributed by atoms with Gasteiger partial charge in [0.2, 0.25) is 5.13 Å². The summed E-state index contributed by atoms with van der Waals surface area (Å²) in [5.41, 5.74) is 0.422. The lowest BCUT2D eigenvalue weighted by Gasteiger charge is -2.22. The van der Waals surface area contributed by atoms with E-state index in [-0.39, 0.29) is 28.3 Å². The quantitative estimate of drug-likeness (QED) is 0.183. The van der Waals surface area contributed by atoms with Gasteiger partial charge in [0, 0.05) is 17.7 Å². The molecule has 1 aliphatic rings. The Labute approximate surface area is 198 Å². The van der Waals surface area contributed by atoms with E-state index in [1.807, 2.05) is 13.8 Å². The van der Waals surface area contributed by atoms with Gasteiger partial charge in [-0.05, 0) is 62.7 Å². The van der Waals surface area contributed by atoms with Crippen molar-refractivity contribution in [3.05, 3.63) is 80.4 Å². The number of ketones is 1. The first-order valence-corrected chi connectivity index (χ1v) is 11.1. The zero-order valence-corrected chi connectivity index (χ0v) is 19.3. The number of benzene rings is 2. The third-order valence-electron chi connectivity index (χ3n) is 5.09. The number of anilines is 1. The highest BCUT2D eigenvalue weighted by molar-refractivity contribution is 7.15. The summed E-state index contributed by atoms with van der Waals surface area (Å²) in [6.45, 7) is 5.48. The number of carbonyl (C=O) groups excluding carboxylic acids is 2. The van der Waals surface area contributed by atoms with E-state index in [1.165, 1.54) is 24.3 Å². The Bertz CT molecular complexity index is 1300. The highest BCUT2D eigenvalue weighted by Gasteiger charge is 2.48. The maximum absolute atomic E-state index is 13.1. The summed E-state index contributed by atoms with van der Waals surface area (Å²) < 4.78 is 5.61. The van der Waals surface area contributed by atoms with Crippen molar-refractivity contribution in [1.82, 2.24) is 10.2 Å². The second-order valence-electron chi connectivity index (χ2n) is 7.81. The summed E-state index contributed by atoms with van der Waals surface area (Å²) in [6, 6.07) is 10.9. The van der Waals surface area contributed by atoms with Crippen molar-refractivity contribution in [2.24, 2.45) is 0 Å². The third-order valence-corrected chi connectivity index (χ3v) is 5.92. The Morgan fingerprint density at radius 3 is 2.29 bits per heavy atom. The average molecular weight is 481 g/mol. The number of amides is 1. The van der Waals surface area contributed by atoms with Crippen LogP contribution in [0.1, 0.15) is 36.0 Å². The molecule has 1 saturated heterocycles. The van der Waals surface area contributed by atoms with Crippen molar-refractivity contribution in [1.29, 1.82) is 0 Å². The van der Waals surface area contributed by atoms with Crippen molar-refractivity contribution in [2.75, 3.05) is 4.90 Å². The van der Waals surface area contributed by atoms with Gasteiger partial charge in [-0.3, -0.25) is 24.6 Å². The number of non-ortho nitro benzene ring substituents is 1. The molecule has 34 heavy (non-hydrogen) atoms. The van der Waals surface area contributed by atoms with Gasteiger partial charge in [-0.1, -0.05) is 11.3 Å². The van der Waals surface area contributed by atoms with Gasteiger partial charge >= 0.3 is 5.91 Å². The largest absolute Gasteiger partial charge is 0.507 e. The molecule has 0 bridgehead atoms. The summed E-state index contributed by atoms with van der Waals surface area (Å²) in [5.74, 6) is -1.55. The average Bonchev–Trinajstić information content (AvgIpc) is 3.34. The van der Waals surface area contributed by atoms with Crippen LogP contribution in [0.25, 0.3) is 5.76 Å². The van der Waals surface area contributed by atoms with Crippen LogP contribution in [0.5, 0.6) is 5.75 Å². The van der Waals surface area contributed by atoms with Gasteiger partial charge in [-0.2, -0.15) is 0 Å². The molecule has 10 nitrogen and oxygen atoms in total. The molecule has 0 unspecified atom stereocenters. The van der Waals surface area contributed by atoms with Crippen LogP contribution in [0, 0.1) is 17.0 Å². The van der Waals surface area contributed by atoms with E-state index in [1.54, 1.807) is 31.2 Å². The minimum atomic E-state index is -1.04. The minimum absolute atomic E-state index is 0.0396. The fourth-order valence-electron chi connectivity index (χ4n) is 3.63. The second kappa shape index (κ2) is 9.02. The van der Waals surface area contributed by atoms with Crippen LogP contribution in [-0.2, 0) is 9.59 Å². The summed E-state index contributed by atoms with van der Waals surface area (Å²) in [5, 5.41) is 30.9. The lowest BCUT2D eigenvalue weighted by atomic mass is 9.95. The number of aryl methyl sites for hydroxylation is 1. The molecular weight excluding hydrogens is 460 g/mol. The zero-order chi connectivity index (χ0) is 24.6. The van der Waals surface area contributed by atoms with Crippen molar-refractivity contribution in [2.45, 2.75) is 32.9 Å². The normalized spacial score (nSPS) is 17.4. The van der Waals surface area contributed by atoms with Crippen LogP contribution in [0.4, 0.5) is 10.8 Å². The molecule has 2 heterocycles. The van der Waals surface area contributed by atoms with Crippen molar-refractivity contribution in [3.8, 4) is 5.75 Å². The van der Waals surface area contributed by atoms with E-state index in [4.69, 9.17) is 4.74 Å². The van der Waals surface area contributed by atoms with E-state index in [9.17, 15) is 24.8 Å². The minimum Gasteiger partial charge on any atom is -0.507 e. The maximum Gasteiger partial charge on any atom is 0.301 e. The van der Waals surface area contributed by atoms with E-state index in [0.717, 1.165) is 16.2 Å². The van der Waals surface area contributed by atoms with Gasteiger partial charge in [0.25, 0.3) is 11.5 Å². The van der Waals surface area contributed by atoms with Crippen LogP contribution >= 0.6 is 11.3 Å². The molecule has 1 aromatic heterocycles. The molecule has 1 aliphatic heterocycles. The van der Waals surface area contributed by atoms with Crippen LogP contribution in [0.3, 0.4) is 0 Å². The number of aliphatic hydroxyl groups is 1. The maximum atomic E-state index is 13.1. The fraction of sp³-hybridized carbons (Fsp3) is 0.217. The molecular formula is C23H20N4O6S. The molecule has 0 spiro atoms. The lowest BCUT2D eigenvalue weighted by molar-refractivity contribution is -0.384. The summed E-state index contributed by atoms with van der Waals surface area (Å²) in [7, 11) is 0. The zero-order valence-electron chi connectivity index (χ0n) is 18.5. The summed E-state index contributed by atoms with van der Waals surface area (Å²) >= 11 is 1.12. The number of Topliss-reactive ketones (excluding diaryl/α,β-unsaturated/α-hetero) is 1. The first-order chi connectivity index (χ1) is 16.2. The Morgan fingerprint density at radius 2 is 1.76 bits per heavy atom. The predicted octanol–water partition coefficient (Wildman–Crippen LogP) is 4.17. The van der Waals surface area contributed by atoms with Gasteiger partial charge in [0.15, 0.2) is 0 Å². The molecule has 0 aliphatic carbocycles. The van der Waals surface area contributed by atoms with Crippen LogP contribution in [0.2, 0.25) is 0 Å². The molecule has 3 aromatic rings. The van der Waals surface area contributed by atoms with E-state index >= 15 is 0 Å². The molecule has 1 amide bonds. The first-order valence-electron chi connectivity index (χ1n) is 10.3. The number of nitrogens with zero attached hydrogens (tertiary/aromatic N) is 4. The van der Waals surface area contributed by atoms with Gasteiger partial charge in [0.05, 0.1) is 22.6 Å². The smallest absolute Gasteiger partial charge is 0.301 e. The molecule has 2 aromatic carbocycles. The Balaban J connectivity index is 1.85. The number of hydrogen-bond donors (Lipinski definition) is 1. The van der Waals surface area contributed by atoms with Crippen molar-refractivity contribution < 1.29 is 24.4 Å². The highest BCUT2D eigenvalue weighted by Crippen LogP contribution is 2.43. The molecule has 1 fully saturated rings. The summed E-state index contributed by atoms with van der Waals surface area (Å²) in [4.78, 5) is 37.8. The topological polar surface area (TPSA) is 136 Å². The molecule has 4 rings (SSSR count). The number of nitro groups is 1. The Morgan fingerprint density at radius 1 is 1.12 bits per heavy atom. The number of aromatic nitrogens is 2. The molecule has 1 N–H and O–H groups in total. The molecule has 0 saturated carbocycles. The molecule has 1 atom stereocenters. The van der Waals surface area contributed by atoms with Crippen LogP contribution in [0.15, 0.2) is 54.1 Å². The summed E-state index contributed by atoms with van der Waals surface area (Å²) in [6.07, 6.45) is -0.0396. The first kappa shape index (κ1) is 23.1. The number of carbonyl (C=O) groups is 2.